The third kappa shape index (κ3) is 5.72. The molecule has 6 rings (SSSR count). The van der Waals surface area contributed by atoms with Crippen molar-refractivity contribution in [3.05, 3.63) is 53.2 Å². The lowest BCUT2D eigenvalue weighted by Gasteiger charge is -2.40. The number of hydrogen-bond acceptors (Lipinski definition) is 6. The highest BCUT2D eigenvalue weighted by Gasteiger charge is 2.42. The molecule has 39 heavy (non-hydrogen) atoms. The standard InChI is InChI=1S/C30H38N6O3/c31-28(37)25-11-7-19(13-26(25)32-16-18-5-6-18)29(38)35-22-14-23-9-10-24(15-22)36(23)27-12-8-20(17-33-27)30(39)34-21-3-1-2-4-21/h7-8,11-13,17-18,21-24,32H,1-6,9-10,14-16H2,(H2,31,37)(H,34,39)(H,35,38)/t22?,23-,24+. The summed E-state index contributed by atoms with van der Waals surface area (Å²) in [5.74, 6) is 0.858. The summed E-state index contributed by atoms with van der Waals surface area (Å²) in [5.41, 5.74) is 7.73. The van der Waals surface area contributed by atoms with E-state index in [-0.39, 0.29) is 23.9 Å². The van der Waals surface area contributed by atoms with Crippen molar-refractivity contribution < 1.29 is 14.4 Å². The molecule has 2 aliphatic heterocycles. The molecule has 3 amide bonds. The van der Waals surface area contributed by atoms with Gasteiger partial charge in [-0.3, -0.25) is 14.4 Å². The fraction of sp³-hybridized carbons (Fsp3) is 0.533. The summed E-state index contributed by atoms with van der Waals surface area (Å²) in [5, 5.41) is 9.68. The molecule has 2 aliphatic carbocycles. The van der Waals surface area contributed by atoms with E-state index in [4.69, 9.17) is 5.73 Å². The van der Waals surface area contributed by atoms with E-state index < -0.39 is 5.91 Å². The molecule has 3 atom stereocenters. The number of nitrogens with two attached hydrogens (primary N) is 1. The number of carbonyl (C=O) groups excluding carboxylic acids is 3. The van der Waals surface area contributed by atoms with Gasteiger partial charge in [-0.05, 0) is 87.6 Å². The molecule has 2 aromatic rings. The highest BCUT2D eigenvalue weighted by molar-refractivity contribution is 6.02. The van der Waals surface area contributed by atoms with Gasteiger partial charge in [0.25, 0.3) is 17.7 Å². The number of nitrogens with zero attached hydrogens (tertiary/aromatic N) is 2. The zero-order valence-electron chi connectivity index (χ0n) is 22.3. The number of nitrogens with one attached hydrogen (secondary N) is 3. The van der Waals surface area contributed by atoms with E-state index in [0.717, 1.165) is 50.9 Å². The minimum atomic E-state index is -0.500. The van der Waals surface area contributed by atoms with Crippen LogP contribution in [0.3, 0.4) is 0 Å². The number of pyridine rings is 1. The second kappa shape index (κ2) is 10.9. The van der Waals surface area contributed by atoms with E-state index in [1.165, 1.54) is 25.7 Å². The topological polar surface area (TPSA) is 129 Å². The van der Waals surface area contributed by atoms with E-state index in [1.807, 2.05) is 12.1 Å². The van der Waals surface area contributed by atoms with Gasteiger partial charge in [0.15, 0.2) is 0 Å². The van der Waals surface area contributed by atoms with E-state index in [0.29, 0.717) is 40.4 Å². The Morgan fingerprint density at radius 1 is 0.846 bits per heavy atom. The Kier molecular flexibility index (Phi) is 7.14. The lowest BCUT2D eigenvalue weighted by Crippen LogP contribution is -2.50. The lowest BCUT2D eigenvalue weighted by atomic mass is 9.96. The average Bonchev–Trinajstić information content (AvgIpc) is 3.55. The molecule has 1 aromatic heterocycles. The maximum Gasteiger partial charge on any atom is 0.253 e. The van der Waals surface area contributed by atoms with Crippen molar-refractivity contribution in [1.29, 1.82) is 0 Å². The van der Waals surface area contributed by atoms with Crippen molar-refractivity contribution >= 4 is 29.2 Å². The molecule has 9 heteroatoms. The molecule has 2 bridgehead atoms. The molecular weight excluding hydrogens is 492 g/mol. The highest BCUT2D eigenvalue weighted by Crippen LogP contribution is 2.39. The molecule has 4 fully saturated rings. The van der Waals surface area contributed by atoms with Gasteiger partial charge in [-0.15, -0.1) is 0 Å². The van der Waals surface area contributed by atoms with E-state index in [1.54, 1.807) is 24.4 Å². The number of hydrogen-bond donors (Lipinski definition) is 4. The van der Waals surface area contributed by atoms with Crippen LogP contribution in [0, 0.1) is 5.92 Å². The maximum atomic E-state index is 13.2. The summed E-state index contributed by atoms with van der Waals surface area (Å²) >= 11 is 0. The van der Waals surface area contributed by atoms with Crippen LogP contribution in [-0.2, 0) is 0 Å². The second-order valence-electron chi connectivity index (χ2n) is 11.7. The minimum absolute atomic E-state index is 0.0416. The van der Waals surface area contributed by atoms with Gasteiger partial charge < -0.3 is 26.6 Å². The van der Waals surface area contributed by atoms with Crippen molar-refractivity contribution in [2.24, 2.45) is 11.7 Å². The number of rotatable bonds is 9. The molecule has 4 aliphatic rings. The fourth-order valence-electron chi connectivity index (χ4n) is 6.57. The van der Waals surface area contributed by atoms with Crippen molar-refractivity contribution in [2.45, 2.75) is 88.4 Å². The maximum absolute atomic E-state index is 13.2. The Labute approximate surface area is 229 Å². The largest absolute Gasteiger partial charge is 0.384 e. The Hall–Kier alpha value is -3.62. The molecular formula is C30H38N6O3. The van der Waals surface area contributed by atoms with Crippen LogP contribution in [0.25, 0.3) is 0 Å². The molecule has 9 nitrogen and oxygen atoms in total. The van der Waals surface area contributed by atoms with E-state index >= 15 is 0 Å². The molecule has 206 valence electrons. The molecule has 3 heterocycles. The first kappa shape index (κ1) is 25.6. The average molecular weight is 531 g/mol. The third-order valence-electron chi connectivity index (χ3n) is 8.86. The predicted octanol–water partition coefficient (Wildman–Crippen LogP) is 3.60. The number of primary amides is 1. The molecule has 2 saturated heterocycles. The first-order chi connectivity index (χ1) is 18.9. The van der Waals surface area contributed by atoms with Gasteiger partial charge in [0, 0.05) is 48.2 Å². The van der Waals surface area contributed by atoms with Gasteiger partial charge in [-0.2, -0.15) is 0 Å². The zero-order chi connectivity index (χ0) is 26.9. The van der Waals surface area contributed by atoms with Crippen LogP contribution in [-0.4, -0.2) is 53.4 Å². The van der Waals surface area contributed by atoms with Crippen LogP contribution >= 0.6 is 0 Å². The number of fused-ring (bicyclic) bond motifs is 2. The fourth-order valence-corrected chi connectivity index (χ4v) is 6.57. The van der Waals surface area contributed by atoms with Crippen molar-refractivity contribution in [3.8, 4) is 0 Å². The summed E-state index contributed by atoms with van der Waals surface area (Å²) < 4.78 is 0. The van der Waals surface area contributed by atoms with Crippen molar-refractivity contribution in [3.63, 3.8) is 0 Å². The predicted molar refractivity (Wildman–Crippen MR) is 150 cm³/mol. The number of anilines is 2. The summed E-state index contributed by atoms with van der Waals surface area (Å²) in [6.07, 6.45) is 12.4. The minimum Gasteiger partial charge on any atom is -0.384 e. The molecule has 5 N–H and O–H groups in total. The van der Waals surface area contributed by atoms with Crippen LogP contribution in [0.1, 0.15) is 95.3 Å². The molecule has 2 saturated carbocycles. The van der Waals surface area contributed by atoms with Crippen molar-refractivity contribution in [1.82, 2.24) is 15.6 Å². The van der Waals surface area contributed by atoms with E-state index in [2.05, 4.69) is 25.8 Å². The van der Waals surface area contributed by atoms with Gasteiger partial charge in [0.2, 0.25) is 0 Å². The smallest absolute Gasteiger partial charge is 0.253 e. The lowest BCUT2D eigenvalue weighted by molar-refractivity contribution is 0.0922. The normalized spacial score (nSPS) is 24.4. The molecule has 0 spiro atoms. The molecule has 1 aromatic carbocycles. The second-order valence-corrected chi connectivity index (χ2v) is 11.7. The van der Waals surface area contributed by atoms with Gasteiger partial charge >= 0.3 is 0 Å². The molecule has 1 unspecified atom stereocenters. The van der Waals surface area contributed by atoms with Crippen LogP contribution in [0.2, 0.25) is 0 Å². The van der Waals surface area contributed by atoms with Gasteiger partial charge in [0.1, 0.15) is 5.82 Å². The Morgan fingerprint density at radius 2 is 1.51 bits per heavy atom. The van der Waals surface area contributed by atoms with Gasteiger partial charge in [-0.1, -0.05) is 12.8 Å². The van der Waals surface area contributed by atoms with Gasteiger partial charge in [0.05, 0.1) is 11.1 Å². The van der Waals surface area contributed by atoms with E-state index in [9.17, 15) is 14.4 Å². The highest BCUT2D eigenvalue weighted by atomic mass is 16.2. The van der Waals surface area contributed by atoms with Crippen LogP contribution in [0.5, 0.6) is 0 Å². The Bertz CT molecular complexity index is 1220. The van der Waals surface area contributed by atoms with Crippen LogP contribution < -0.4 is 26.6 Å². The number of amides is 3. The number of piperidine rings is 1. The number of aromatic nitrogens is 1. The monoisotopic (exact) mass is 530 g/mol. The number of carbonyl (C=O) groups is 3. The van der Waals surface area contributed by atoms with Crippen molar-refractivity contribution in [2.75, 3.05) is 16.8 Å². The van der Waals surface area contributed by atoms with Crippen LogP contribution in [0.15, 0.2) is 36.5 Å². The summed E-state index contributed by atoms with van der Waals surface area (Å²) in [4.78, 5) is 44.7. The summed E-state index contributed by atoms with van der Waals surface area (Å²) in [6.45, 7) is 0.785. The first-order valence-corrected chi connectivity index (χ1v) is 14.5. The third-order valence-corrected chi connectivity index (χ3v) is 8.86. The SMILES string of the molecule is NC(=O)c1ccc(C(=O)NC2C[C@H]3CC[C@@H](C2)N3c2ccc(C(=O)NC3CCCC3)cn2)cc1NCC1CC1. The quantitative estimate of drug-likeness (QED) is 0.392. The van der Waals surface area contributed by atoms with Crippen LogP contribution in [0.4, 0.5) is 11.5 Å². The first-order valence-electron chi connectivity index (χ1n) is 14.5. The number of benzene rings is 1. The van der Waals surface area contributed by atoms with Gasteiger partial charge in [-0.25, -0.2) is 4.98 Å². The summed E-state index contributed by atoms with van der Waals surface area (Å²) in [6, 6.07) is 9.86. The summed E-state index contributed by atoms with van der Waals surface area (Å²) in [7, 11) is 0. The molecule has 0 radical (unpaired) electrons. The Balaban J connectivity index is 1.07. The Morgan fingerprint density at radius 3 is 2.15 bits per heavy atom. The zero-order valence-corrected chi connectivity index (χ0v) is 22.3.